The lowest BCUT2D eigenvalue weighted by atomic mass is 10.1. The smallest absolute Gasteiger partial charge is 0.261 e. The largest absolute Gasteiger partial charge is 0.490 e. The summed E-state index contributed by atoms with van der Waals surface area (Å²) >= 11 is 0. The second-order valence-electron chi connectivity index (χ2n) is 5.91. The average molecular weight is 275 g/mol. The number of rotatable bonds is 2. The zero-order valence-electron chi connectivity index (χ0n) is 12.3. The Balaban J connectivity index is 2.07. The van der Waals surface area contributed by atoms with Gasteiger partial charge in [0, 0.05) is 6.54 Å². The summed E-state index contributed by atoms with van der Waals surface area (Å²) in [4.78, 5) is 14.7. The van der Waals surface area contributed by atoms with Gasteiger partial charge in [-0.05, 0) is 51.3 Å². The highest BCUT2D eigenvalue weighted by atomic mass is 16.5. The molecule has 4 heteroatoms. The molecule has 1 aromatic rings. The molecule has 1 aromatic carbocycles. The third-order valence-electron chi connectivity index (χ3n) is 3.86. The summed E-state index contributed by atoms with van der Waals surface area (Å²) in [6.07, 6.45) is 2.12. The maximum Gasteiger partial charge on any atom is 0.261 e. The Kier molecular flexibility index (Phi) is 3.32. The summed E-state index contributed by atoms with van der Waals surface area (Å²) < 4.78 is 11.7. The molecular weight excluding hydrogens is 254 g/mol. The van der Waals surface area contributed by atoms with Crippen LogP contribution in [0.3, 0.4) is 0 Å². The van der Waals surface area contributed by atoms with Gasteiger partial charge in [-0.25, -0.2) is 0 Å². The zero-order valence-corrected chi connectivity index (χ0v) is 12.3. The highest BCUT2D eigenvalue weighted by molar-refractivity contribution is 6.00. The van der Waals surface area contributed by atoms with Crippen LogP contribution in [0, 0.1) is 6.92 Å². The van der Waals surface area contributed by atoms with E-state index in [0.29, 0.717) is 23.7 Å². The van der Waals surface area contributed by atoms with Crippen LogP contribution in [0.5, 0.6) is 11.5 Å². The lowest BCUT2D eigenvalue weighted by Crippen LogP contribution is -2.36. The molecule has 0 N–H and O–H groups in total. The van der Waals surface area contributed by atoms with Gasteiger partial charge in [-0.1, -0.05) is 0 Å². The molecule has 0 aromatic heterocycles. The average Bonchev–Trinajstić information content (AvgIpc) is 2.78. The SMILES string of the molecule is Cc1cc2c(c(OC(C)C)c1)C(=O)N1CCCC1CO2. The number of carbonyl (C=O) groups is 1. The fourth-order valence-corrected chi connectivity index (χ4v) is 3.00. The van der Waals surface area contributed by atoms with Crippen molar-refractivity contribution in [1.29, 1.82) is 0 Å². The summed E-state index contributed by atoms with van der Waals surface area (Å²) in [5.74, 6) is 1.36. The molecular formula is C16H21NO3. The lowest BCUT2D eigenvalue weighted by molar-refractivity contribution is 0.0722. The fourth-order valence-electron chi connectivity index (χ4n) is 3.00. The van der Waals surface area contributed by atoms with Gasteiger partial charge in [0.2, 0.25) is 0 Å². The standard InChI is InChI=1S/C16H21NO3/c1-10(2)20-14-8-11(3)7-13-15(14)16(18)17-6-4-5-12(17)9-19-13/h7-8,10,12H,4-6,9H2,1-3H3. The van der Waals surface area contributed by atoms with Gasteiger partial charge in [0.25, 0.3) is 5.91 Å². The van der Waals surface area contributed by atoms with Gasteiger partial charge in [-0.3, -0.25) is 4.79 Å². The summed E-state index contributed by atoms with van der Waals surface area (Å²) in [7, 11) is 0. The van der Waals surface area contributed by atoms with Crippen molar-refractivity contribution < 1.29 is 14.3 Å². The minimum Gasteiger partial charge on any atom is -0.490 e. The predicted octanol–water partition coefficient (Wildman–Crippen LogP) is 2.78. The van der Waals surface area contributed by atoms with Gasteiger partial charge in [0.1, 0.15) is 23.7 Å². The van der Waals surface area contributed by atoms with E-state index in [1.54, 1.807) is 0 Å². The van der Waals surface area contributed by atoms with Crippen LogP contribution in [0.4, 0.5) is 0 Å². The Bertz CT molecular complexity index is 539. The molecule has 2 aliphatic rings. The third kappa shape index (κ3) is 2.23. The zero-order chi connectivity index (χ0) is 14.3. The summed E-state index contributed by atoms with van der Waals surface area (Å²) in [6.45, 7) is 7.34. The number of carbonyl (C=O) groups excluding carboxylic acids is 1. The van der Waals surface area contributed by atoms with E-state index in [0.717, 1.165) is 24.9 Å². The molecule has 0 aliphatic carbocycles. The lowest BCUT2D eigenvalue weighted by Gasteiger charge is -2.21. The maximum atomic E-state index is 12.8. The highest BCUT2D eigenvalue weighted by Crippen LogP contribution is 2.36. The first-order valence-electron chi connectivity index (χ1n) is 7.31. The molecule has 1 unspecified atom stereocenters. The van der Waals surface area contributed by atoms with Gasteiger partial charge in [-0.15, -0.1) is 0 Å². The minimum absolute atomic E-state index is 0.0336. The normalized spacial score (nSPS) is 21.3. The van der Waals surface area contributed by atoms with Crippen molar-refractivity contribution in [2.24, 2.45) is 0 Å². The van der Waals surface area contributed by atoms with Gasteiger partial charge >= 0.3 is 0 Å². The Hall–Kier alpha value is -1.71. The number of ether oxygens (including phenoxy) is 2. The molecule has 1 saturated heterocycles. The molecule has 0 bridgehead atoms. The van der Waals surface area contributed by atoms with Crippen LogP contribution >= 0.6 is 0 Å². The van der Waals surface area contributed by atoms with E-state index in [1.807, 2.05) is 37.8 Å². The molecule has 1 amide bonds. The van der Waals surface area contributed by atoms with Crippen molar-refractivity contribution in [2.75, 3.05) is 13.2 Å². The second-order valence-corrected chi connectivity index (χ2v) is 5.91. The van der Waals surface area contributed by atoms with Crippen molar-refractivity contribution >= 4 is 5.91 Å². The molecule has 0 saturated carbocycles. The van der Waals surface area contributed by atoms with E-state index >= 15 is 0 Å². The van der Waals surface area contributed by atoms with Gasteiger partial charge < -0.3 is 14.4 Å². The van der Waals surface area contributed by atoms with Crippen molar-refractivity contribution in [2.45, 2.75) is 45.8 Å². The van der Waals surface area contributed by atoms with Crippen LogP contribution in [-0.4, -0.2) is 36.1 Å². The van der Waals surface area contributed by atoms with E-state index in [-0.39, 0.29) is 18.1 Å². The minimum atomic E-state index is 0.0336. The molecule has 3 rings (SSSR count). The summed E-state index contributed by atoms with van der Waals surface area (Å²) in [5, 5.41) is 0. The van der Waals surface area contributed by atoms with Crippen molar-refractivity contribution in [3.63, 3.8) is 0 Å². The van der Waals surface area contributed by atoms with Crippen molar-refractivity contribution in [3.05, 3.63) is 23.3 Å². The number of hydrogen-bond donors (Lipinski definition) is 0. The van der Waals surface area contributed by atoms with E-state index in [1.165, 1.54) is 0 Å². The third-order valence-corrected chi connectivity index (χ3v) is 3.86. The van der Waals surface area contributed by atoms with Gasteiger partial charge in [-0.2, -0.15) is 0 Å². The first-order chi connectivity index (χ1) is 9.56. The highest BCUT2D eigenvalue weighted by Gasteiger charge is 2.36. The van der Waals surface area contributed by atoms with Crippen molar-refractivity contribution in [1.82, 2.24) is 4.90 Å². The maximum absolute atomic E-state index is 12.8. The van der Waals surface area contributed by atoms with Crippen LogP contribution in [0.1, 0.15) is 42.6 Å². The Labute approximate surface area is 119 Å². The van der Waals surface area contributed by atoms with Crippen LogP contribution in [0.15, 0.2) is 12.1 Å². The van der Waals surface area contributed by atoms with E-state index in [4.69, 9.17) is 9.47 Å². The van der Waals surface area contributed by atoms with Crippen LogP contribution in [-0.2, 0) is 0 Å². The van der Waals surface area contributed by atoms with Crippen LogP contribution in [0.2, 0.25) is 0 Å². The molecule has 0 radical (unpaired) electrons. The van der Waals surface area contributed by atoms with E-state index in [9.17, 15) is 4.79 Å². The number of amides is 1. The first-order valence-corrected chi connectivity index (χ1v) is 7.31. The number of aryl methyl sites for hydroxylation is 1. The van der Waals surface area contributed by atoms with E-state index in [2.05, 4.69) is 0 Å². The van der Waals surface area contributed by atoms with Gasteiger partial charge in [0.15, 0.2) is 0 Å². The predicted molar refractivity (Wildman–Crippen MR) is 76.5 cm³/mol. The molecule has 1 atom stereocenters. The number of benzene rings is 1. The fraction of sp³-hybridized carbons (Fsp3) is 0.562. The van der Waals surface area contributed by atoms with Crippen LogP contribution < -0.4 is 9.47 Å². The van der Waals surface area contributed by atoms with Crippen LogP contribution in [0.25, 0.3) is 0 Å². The molecule has 108 valence electrons. The Morgan fingerprint density at radius 3 is 2.95 bits per heavy atom. The molecule has 2 aliphatic heterocycles. The monoisotopic (exact) mass is 275 g/mol. The quantitative estimate of drug-likeness (QED) is 0.833. The summed E-state index contributed by atoms with van der Waals surface area (Å²) in [6, 6.07) is 4.07. The second kappa shape index (κ2) is 5.00. The van der Waals surface area contributed by atoms with Crippen molar-refractivity contribution in [3.8, 4) is 11.5 Å². The number of hydrogen-bond acceptors (Lipinski definition) is 3. The topological polar surface area (TPSA) is 38.8 Å². The van der Waals surface area contributed by atoms with E-state index < -0.39 is 0 Å². The molecule has 1 fully saturated rings. The molecule has 0 spiro atoms. The molecule has 4 nitrogen and oxygen atoms in total. The number of nitrogens with zero attached hydrogens (tertiary/aromatic N) is 1. The molecule has 2 heterocycles. The van der Waals surface area contributed by atoms with Gasteiger partial charge in [0.05, 0.1) is 12.1 Å². The first kappa shape index (κ1) is 13.3. The molecule has 20 heavy (non-hydrogen) atoms. The number of fused-ring (bicyclic) bond motifs is 2. The Morgan fingerprint density at radius 1 is 1.40 bits per heavy atom. The Morgan fingerprint density at radius 2 is 2.20 bits per heavy atom. The summed E-state index contributed by atoms with van der Waals surface area (Å²) in [5.41, 5.74) is 1.64.